The lowest BCUT2D eigenvalue weighted by Crippen LogP contribution is -2.12. The molecule has 0 saturated carbocycles. The fourth-order valence-electron chi connectivity index (χ4n) is 1.68. The smallest absolute Gasteiger partial charge is 0.256 e. The summed E-state index contributed by atoms with van der Waals surface area (Å²) in [5, 5.41) is 3.32. The lowest BCUT2D eigenvalue weighted by molar-refractivity contribution is 0.102. The van der Waals surface area contributed by atoms with Crippen LogP contribution in [0.15, 0.2) is 40.9 Å². The summed E-state index contributed by atoms with van der Waals surface area (Å²) in [6, 6.07) is 10.0. The normalized spacial score (nSPS) is 10.2. The highest BCUT2D eigenvalue weighted by atomic mass is 79.9. The molecule has 0 bridgehead atoms. The van der Waals surface area contributed by atoms with Crippen molar-refractivity contribution in [3.05, 3.63) is 51.5 Å². The number of benzene rings is 2. The number of carbonyl (C=O) groups is 1. The van der Waals surface area contributed by atoms with Gasteiger partial charge in [-0.05, 0) is 52.3 Å². The van der Waals surface area contributed by atoms with Crippen LogP contribution in [0, 0.1) is 0 Å². The van der Waals surface area contributed by atoms with Gasteiger partial charge in [0.1, 0.15) is 5.75 Å². The van der Waals surface area contributed by atoms with Gasteiger partial charge in [-0.1, -0.05) is 11.6 Å². The summed E-state index contributed by atoms with van der Waals surface area (Å²) in [5.41, 5.74) is 7.33. The third kappa shape index (κ3) is 3.23. The Morgan fingerprint density at radius 2 is 2.05 bits per heavy atom. The molecule has 0 aliphatic heterocycles. The molecule has 0 unspecified atom stereocenters. The Balaban J connectivity index is 2.21. The van der Waals surface area contributed by atoms with E-state index in [2.05, 4.69) is 21.2 Å². The molecule has 4 nitrogen and oxygen atoms in total. The molecular weight excluding hydrogens is 344 g/mol. The first-order chi connectivity index (χ1) is 9.51. The number of methoxy groups -OCH3 is 1. The Morgan fingerprint density at radius 3 is 2.65 bits per heavy atom. The van der Waals surface area contributed by atoms with Crippen molar-refractivity contribution in [1.29, 1.82) is 0 Å². The third-order valence-electron chi connectivity index (χ3n) is 2.66. The SMILES string of the molecule is COc1ccc(NC(=O)c2ccc(Cl)cc2Br)cc1N. The molecule has 0 saturated heterocycles. The summed E-state index contributed by atoms with van der Waals surface area (Å²) in [7, 11) is 1.54. The van der Waals surface area contributed by atoms with Crippen molar-refractivity contribution >= 4 is 44.8 Å². The van der Waals surface area contributed by atoms with Gasteiger partial charge in [-0.3, -0.25) is 4.79 Å². The van der Waals surface area contributed by atoms with Gasteiger partial charge < -0.3 is 15.8 Å². The van der Waals surface area contributed by atoms with Crippen LogP contribution < -0.4 is 15.8 Å². The first-order valence-corrected chi connectivity index (χ1v) is 6.88. The van der Waals surface area contributed by atoms with Crippen LogP contribution in [0.1, 0.15) is 10.4 Å². The van der Waals surface area contributed by atoms with E-state index in [4.69, 9.17) is 22.1 Å². The molecule has 0 fully saturated rings. The Kier molecular flexibility index (Phi) is 4.52. The van der Waals surface area contributed by atoms with E-state index < -0.39 is 0 Å². The van der Waals surface area contributed by atoms with E-state index >= 15 is 0 Å². The highest BCUT2D eigenvalue weighted by Gasteiger charge is 2.11. The Labute approximate surface area is 130 Å². The zero-order valence-electron chi connectivity index (χ0n) is 10.6. The zero-order chi connectivity index (χ0) is 14.7. The number of nitrogens with two attached hydrogens (primary N) is 1. The molecule has 1 amide bonds. The van der Waals surface area contributed by atoms with Crippen LogP contribution in [0.25, 0.3) is 0 Å². The van der Waals surface area contributed by atoms with Gasteiger partial charge >= 0.3 is 0 Å². The lowest BCUT2D eigenvalue weighted by atomic mass is 10.2. The molecule has 2 rings (SSSR count). The monoisotopic (exact) mass is 354 g/mol. The Bertz CT molecular complexity index is 662. The molecule has 0 spiro atoms. The van der Waals surface area contributed by atoms with Crippen LogP contribution in [0.3, 0.4) is 0 Å². The summed E-state index contributed by atoms with van der Waals surface area (Å²) in [5.74, 6) is 0.314. The van der Waals surface area contributed by atoms with Crippen LogP contribution in [-0.4, -0.2) is 13.0 Å². The molecule has 0 radical (unpaired) electrons. The van der Waals surface area contributed by atoms with E-state index in [1.807, 2.05) is 0 Å². The molecule has 0 aliphatic carbocycles. The molecule has 0 aliphatic rings. The maximum Gasteiger partial charge on any atom is 0.256 e. The van der Waals surface area contributed by atoms with Crippen molar-refractivity contribution in [1.82, 2.24) is 0 Å². The molecule has 3 N–H and O–H groups in total. The van der Waals surface area contributed by atoms with Crippen molar-refractivity contribution in [2.75, 3.05) is 18.2 Å². The van der Waals surface area contributed by atoms with Gasteiger partial charge in [0.05, 0.1) is 18.4 Å². The molecule has 0 heterocycles. The highest BCUT2D eigenvalue weighted by molar-refractivity contribution is 9.10. The number of carbonyl (C=O) groups excluding carboxylic acids is 1. The van der Waals surface area contributed by atoms with Gasteiger partial charge in [0, 0.05) is 15.2 Å². The predicted octanol–water partition coefficient (Wildman–Crippen LogP) is 3.95. The van der Waals surface area contributed by atoms with Crippen molar-refractivity contribution < 1.29 is 9.53 Å². The number of hydrogen-bond donors (Lipinski definition) is 2. The van der Waals surface area contributed by atoms with Crippen molar-refractivity contribution in [2.45, 2.75) is 0 Å². The molecule has 0 aromatic heterocycles. The number of halogens is 2. The van der Waals surface area contributed by atoms with Crippen LogP contribution in [0.2, 0.25) is 5.02 Å². The quantitative estimate of drug-likeness (QED) is 0.820. The van der Waals surface area contributed by atoms with E-state index in [9.17, 15) is 4.79 Å². The number of hydrogen-bond acceptors (Lipinski definition) is 3. The number of ether oxygens (including phenoxy) is 1. The first kappa shape index (κ1) is 14.7. The summed E-state index contributed by atoms with van der Waals surface area (Å²) < 4.78 is 5.69. The van der Waals surface area contributed by atoms with Gasteiger partial charge in [0.15, 0.2) is 0 Å². The maximum atomic E-state index is 12.2. The summed E-state index contributed by atoms with van der Waals surface area (Å²) in [4.78, 5) is 12.2. The van der Waals surface area contributed by atoms with Gasteiger partial charge in [0.25, 0.3) is 5.91 Å². The minimum absolute atomic E-state index is 0.252. The van der Waals surface area contributed by atoms with Crippen molar-refractivity contribution in [3.63, 3.8) is 0 Å². The number of nitrogens with one attached hydrogen (secondary N) is 1. The molecule has 6 heteroatoms. The molecule has 20 heavy (non-hydrogen) atoms. The fourth-order valence-corrected chi connectivity index (χ4v) is 2.55. The molecule has 104 valence electrons. The minimum Gasteiger partial charge on any atom is -0.495 e. The predicted molar refractivity (Wildman–Crippen MR) is 84.5 cm³/mol. The molecular formula is C14H12BrClN2O2. The minimum atomic E-state index is -0.252. The van der Waals surface area contributed by atoms with E-state index in [1.165, 1.54) is 7.11 Å². The average molecular weight is 356 g/mol. The summed E-state index contributed by atoms with van der Waals surface area (Å²) in [6.45, 7) is 0. The topological polar surface area (TPSA) is 64.3 Å². The van der Waals surface area contributed by atoms with Crippen LogP contribution in [0.5, 0.6) is 5.75 Å². The van der Waals surface area contributed by atoms with E-state index in [0.717, 1.165) is 0 Å². The largest absolute Gasteiger partial charge is 0.495 e. The number of amides is 1. The number of nitrogen functional groups attached to an aromatic ring is 1. The fraction of sp³-hybridized carbons (Fsp3) is 0.0714. The number of anilines is 2. The first-order valence-electron chi connectivity index (χ1n) is 5.71. The third-order valence-corrected chi connectivity index (χ3v) is 3.55. The Morgan fingerprint density at radius 1 is 1.30 bits per heavy atom. The van der Waals surface area contributed by atoms with Crippen LogP contribution in [-0.2, 0) is 0 Å². The second-order valence-corrected chi connectivity index (χ2v) is 5.33. The second kappa shape index (κ2) is 6.15. The van der Waals surface area contributed by atoms with Gasteiger partial charge in [-0.25, -0.2) is 0 Å². The molecule has 2 aromatic carbocycles. The van der Waals surface area contributed by atoms with Gasteiger partial charge in [-0.2, -0.15) is 0 Å². The standard InChI is InChI=1S/C14H12BrClN2O2/c1-20-13-5-3-9(7-12(13)17)18-14(19)10-4-2-8(16)6-11(10)15/h2-7H,17H2,1H3,(H,18,19). The highest BCUT2D eigenvalue weighted by Crippen LogP contribution is 2.26. The van der Waals surface area contributed by atoms with E-state index in [0.29, 0.717) is 32.2 Å². The van der Waals surface area contributed by atoms with E-state index in [1.54, 1.807) is 36.4 Å². The van der Waals surface area contributed by atoms with Gasteiger partial charge in [-0.15, -0.1) is 0 Å². The number of rotatable bonds is 3. The Hall–Kier alpha value is -1.72. The second-order valence-electron chi connectivity index (χ2n) is 4.04. The van der Waals surface area contributed by atoms with Crippen molar-refractivity contribution in [2.24, 2.45) is 0 Å². The van der Waals surface area contributed by atoms with Gasteiger partial charge in [0.2, 0.25) is 0 Å². The summed E-state index contributed by atoms with van der Waals surface area (Å²) in [6.07, 6.45) is 0. The van der Waals surface area contributed by atoms with Crippen molar-refractivity contribution in [3.8, 4) is 5.75 Å². The molecule has 2 aromatic rings. The van der Waals surface area contributed by atoms with E-state index in [-0.39, 0.29) is 5.91 Å². The average Bonchev–Trinajstić information content (AvgIpc) is 2.38. The van der Waals surface area contributed by atoms with Crippen LogP contribution in [0.4, 0.5) is 11.4 Å². The zero-order valence-corrected chi connectivity index (χ0v) is 13.0. The van der Waals surface area contributed by atoms with Crippen LogP contribution >= 0.6 is 27.5 Å². The summed E-state index contributed by atoms with van der Waals surface area (Å²) >= 11 is 9.15. The lowest BCUT2D eigenvalue weighted by Gasteiger charge is -2.10. The molecule has 0 atom stereocenters. The maximum absolute atomic E-state index is 12.2.